The minimum atomic E-state index is 0. The first-order valence-electron chi connectivity index (χ1n) is 5.44. The van der Waals surface area contributed by atoms with Gasteiger partial charge in [-0.3, -0.25) is 0 Å². The molecule has 0 aliphatic rings. The van der Waals surface area contributed by atoms with E-state index in [0.717, 1.165) is 12.5 Å². The smallest absolute Gasteiger partial charge is 0.191 e. The first-order chi connectivity index (χ1) is 7.76. The number of nitrogens with zero attached hydrogens (tertiary/aromatic N) is 1. The van der Waals surface area contributed by atoms with Crippen LogP contribution in [0.25, 0.3) is 0 Å². The Morgan fingerprint density at radius 3 is 2.71 bits per heavy atom. The van der Waals surface area contributed by atoms with Crippen molar-refractivity contribution in [3.8, 4) is 0 Å². The highest BCUT2D eigenvalue weighted by molar-refractivity contribution is 14.0. The van der Waals surface area contributed by atoms with E-state index < -0.39 is 0 Å². The lowest BCUT2D eigenvalue weighted by Crippen LogP contribution is -2.38. The molecule has 0 atom stereocenters. The number of rotatable bonds is 5. The number of aliphatic imine (C=N–C) groups is 1. The van der Waals surface area contributed by atoms with Crippen molar-refractivity contribution in [1.82, 2.24) is 10.6 Å². The lowest BCUT2D eigenvalue weighted by Gasteiger charge is -2.09. The zero-order valence-corrected chi connectivity index (χ0v) is 13.3. The summed E-state index contributed by atoms with van der Waals surface area (Å²) in [5, 5.41) is 14.9. The topological polar surface area (TPSA) is 56.7 Å². The number of guanidine groups is 1. The fourth-order valence-electron chi connectivity index (χ4n) is 1.24. The van der Waals surface area contributed by atoms with E-state index in [4.69, 9.17) is 5.11 Å². The lowest BCUT2D eigenvalue weighted by molar-refractivity contribution is 0.300. The molecule has 0 radical (unpaired) electrons. The van der Waals surface area contributed by atoms with Gasteiger partial charge in [0.2, 0.25) is 0 Å². The Morgan fingerprint density at radius 2 is 2.18 bits per heavy atom. The molecule has 0 aliphatic heterocycles. The average Bonchev–Trinajstić information content (AvgIpc) is 2.68. The van der Waals surface area contributed by atoms with Crippen molar-refractivity contribution in [2.24, 2.45) is 4.99 Å². The fourth-order valence-corrected chi connectivity index (χ4v) is 2.06. The Morgan fingerprint density at radius 1 is 1.41 bits per heavy atom. The summed E-state index contributed by atoms with van der Waals surface area (Å²) in [5.74, 6) is 0.752. The number of hydrogen-bond donors (Lipinski definition) is 3. The fraction of sp³-hybridized carbons (Fsp3) is 0.545. The summed E-state index contributed by atoms with van der Waals surface area (Å²) in [5.41, 5.74) is 0. The van der Waals surface area contributed by atoms with Crippen molar-refractivity contribution in [2.75, 3.05) is 19.7 Å². The second kappa shape index (κ2) is 9.67. The van der Waals surface area contributed by atoms with Crippen molar-refractivity contribution in [2.45, 2.75) is 20.4 Å². The quantitative estimate of drug-likeness (QED) is 0.421. The predicted octanol–water partition coefficient (Wildman–Crippen LogP) is 1.72. The molecule has 98 valence electrons. The van der Waals surface area contributed by atoms with E-state index in [2.05, 4.69) is 34.7 Å². The molecule has 0 spiro atoms. The van der Waals surface area contributed by atoms with E-state index in [-0.39, 0.29) is 30.6 Å². The molecule has 0 amide bonds. The Balaban J connectivity index is 0.00000256. The van der Waals surface area contributed by atoms with Crippen LogP contribution in [0, 0.1) is 6.92 Å². The summed E-state index contributed by atoms with van der Waals surface area (Å²) in [7, 11) is 0. The van der Waals surface area contributed by atoms with Gasteiger partial charge in [0.1, 0.15) is 0 Å². The van der Waals surface area contributed by atoms with Gasteiger partial charge >= 0.3 is 0 Å². The van der Waals surface area contributed by atoms with Crippen LogP contribution >= 0.6 is 35.3 Å². The number of hydrogen-bond acceptors (Lipinski definition) is 3. The van der Waals surface area contributed by atoms with Gasteiger partial charge in [0.05, 0.1) is 13.2 Å². The molecular weight excluding hydrogens is 349 g/mol. The molecule has 6 heteroatoms. The zero-order chi connectivity index (χ0) is 11.8. The first-order valence-corrected chi connectivity index (χ1v) is 6.26. The Hall–Kier alpha value is -0.340. The monoisotopic (exact) mass is 369 g/mol. The van der Waals surface area contributed by atoms with Crippen LogP contribution in [0.2, 0.25) is 0 Å². The van der Waals surface area contributed by atoms with Crippen molar-refractivity contribution >= 4 is 41.3 Å². The average molecular weight is 369 g/mol. The van der Waals surface area contributed by atoms with Crippen molar-refractivity contribution in [1.29, 1.82) is 0 Å². The molecule has 0 fully saturated rings. The molecule has 0 unspecified atom stereocenters. The van der Waals surface area contributed by atoms with E-state index in [1.54, 1.807) is 11.3 Å². The van der Waals surface area contributed by atoms with Crippen LogP contribution in [0.3, 0.4) is 0 Å². The van der Waals surface area contributed by atoms with E-state index in [1.807, 2.05) is 6.92 Å². The minimum Gasteiger partial charge on any atom is -0.395 e. The maximum atomic E-state index is 8.73. The number of thiophene rings is 1. The molecule has 0 saturated carbocycles. The van der Waals surface area contributed by atoms with Gasteiger partial charge in [-0.15, -0.1) is 35.3 Å². The SMILES string of the molecule is CCNC(=NCc1ccc(C)s1)NCCO.I. The number of aryl methyl sites for hydroxylation is 1. The molecule has 0 bridgehead atoms. The molecule has 0 aromatic carbocycles. The molecule has 0 saturated heterocycles. The summed E-state index contributed by atoms with van der Waals surface area (Å²) in [6.45, 7) is 6.25. The maximum Gasteiger partial charge on any atom is 0.191 e. The van der Waals surface area contributed by atoms with E-state index in [0.29, 0.717) is 13.1 Å². The van der Waals surface area contributed by atoms with E-state index >= 15 is 0 Å². The third kappa shape index (κ3) is 6.85. The lowest BCUT2D eigenvalue weighted by atomic mass is 10.4. The third-order valence-electron chi connectivity index (χ3n) is 1.94. The second-order valence-corrected chi connectivity index (χ2v) is 4.73. The molecule has 1 rings (SSSR count). The molecule has 1 aromatic rings. The van der Waals surface area contributed by atoms with Crippen LogP contribution in [0.15, 0.2) is 17.1 Å². The number of aliphatic hydroxyl groups excluding tert-OH is 1. The van der Waals surface area contributed by atoms with Gasteiger partial charge in [-0.2, -0.15) is 0 Å². The molecule has 4 nitrogen and oxygen atoms in total. The third-order valence-corrected chi connectivity index (χ3v) is 2.92. The normalized spacial score (nSPS) is 10.9. The highest BCUT2D eigenvalue weighted by Gasteiger charge is 1.98. The second-order valence-electron chi connectivity index (χ2n) is 3.36. The van der Waals surface area contributed by atoms with Gasteiger partial charge in [0, 0.05) is 22.8 Å². The van der Waals surface area contributed by atoms with Gasteiger partial charge in [0.15, 0.2) is 5.96 Å². The predicted molar refractivity (Wildman–Crippen MR) is 84.4 cm³/mol. The van der Waals surface area contributed by atoms with Gasteiger partial charge < -0.3 is 15.7 Å². The van der Waals surface area contributed by atoms with Crippen molar-refractivity contribution < 1.29 is 5.11 Å². The summed E-state index contributed by atoms with van der Waals surface area (Å²) in [4.78, 5) is 6.98. The Labute approximate surface area is 124 Å². The van der Waals surface area contributed by atoms with E-state index in [9.17, 15) is 0 Å². The van der Waals surface area contributed by atoms with Crippen LogP contribution in [0.1, 0.15) is 16.7 Å². The zero-order valence-electron chi connectivity index (χ0n) is 10.2. The van der Waals surface area contributed by atoms with Gasteiger partial charge in [-0.25, -0.2) is 4.99 Å². The molecular formula is C11H20IN3OS. The Kier molecular flexibility index (Phi) is 9.47. The Bertz CT molecular complexity index is 341. The van der Waals surface area contributed by atoms with Crippen LogP contribution in [0.4, 0.5) is 0 Å². The number of halogens is 1. The highest BCUT2D eigenvalue weighted by Crippen LogP contribution is 2.15. The first kappa shape index (κ1) is 16.7. The summed E-state index contributed by atoms with van der Waals surface area (Å²) in [6, 6.07) is 4.20. The van der Waals surface area contributed by atoms with E-state index in [1.165, 1.54) is 9.75 Å². The largest absolute Gasteiger partial charge is 0.395 e. The van der Waals surface area contributed by atoms with Crippen LogP contribution < -0.4 is 10.6 Å². The number of nitrogens with one attached hydrogen (secondary N) is 2. The standard InChI is InChI=1S/C11H19N3OS.HI/c1-3-12-11(13-6-7-15)14-8-10-5-4-9(2)16-10;/h4-5,15H,3,6-8H2,1-2H3,(H2,12,13,14);1H. The van der Waals surface area contributed by atoms with Gasteiger partial charge in [-0.05, 0) is 26.0 Å². The van der Waals surface area contributed by atoms with Crippen LogP contribution in [-0.4, -0.2) is 30.8 Å². The molecule has 3 N–H and O–H groups in total. The van der Waals surface area contributed by atoms with Crippen LogP contribution in [0.5, 0.6) is 0 Å². The molecule has 0 aliphatic carbocycles. The molecule has 1 aromatic heterocycles. The number of aliphatic hydroxyl groups is 1. The van der Waals surface area contributed by atoms with Crippen LogP contribution in [-0.2, 0) is 6.54 Å². The summed E-state index contributed by atoms with van der Waals surface area (Å²) >= 11 is 1.76. The molecule has 17 heavy (non-hydrogen) atoms. The molecule has 1 heterocycles. The van der Waals surface area contributed by atoms with Crippen molar-refractivity contribution in [3.63, 3.8) is 0 Å². The van der Waals surface area contributed by atoms with Gasteiger partial charge in [-0.1, -0.05) is 0 Å². The van der Waals surface area contributed by atoms with Crippen molar-refractivity contribution in [3.05, 3.63) is 21.9 Å². The maximum absolute atomic E-state index is 8.73. The summed E-state index contributed by atoms with van der Waals surface area (Å²) in [6.07, 6.45) is 0. The van der Waals surface area contributed by atoms with Gasteiger partial charge in [0.25, 0.3) is 0 Å². The summed E-state index contributed by atoms with van der Waals surface area (Å²) < 4.78 is 0. The highest BCUT2D eigenvalue weighted by atomic mass is 127. The minimum absolute atomic E-state index is 0.